The molecule has 88 valence electrons. The van der Waals surface area contributed by atoms with E-state index >= 15 is 0 Å². The molecule has 3 nitrogen and oxygen atoms in total. The van der Waals surface area contributed by atoms with E-state index < -0.39 is 29.6 Å². The minimum atomic E-state index is -2.92. The van der Waals surface area contributed by atoms with Crippen LogP contribution in [0.25, 0.3) is 0 Å². The van der Waals surface area contributed by atoms with Crippen LogP contribution in [0.15, 0.2) is 6.07 Å². The Balaban J connectivity index is 3.36. The number of aromatic nitrogens is 1. The number of rotatable bonds is 3. The van der Waals surface area contributed by atoms with Crippen LogP contribution in [0.4, 0.5) is 13.2 Å². The predicted molar refractivity (Wildman–Crippen MR) is 53.1 cm³/mol. The van der Waals surface area contributed by atoms with Crippen molar-refractivity contribution in [2.75, 3.05) is 7.11 Å². The van der Waals surface area contributed by atoms with E-state index in [9.17, 15) is 18.0 Å². The molecule has 0 unspecified atom stereocenters. The number of carbonyl (C=O) groups is 1. The number of hydrogen-bond acceptors (Lipinski definition) is 3. The number of nitrogens with zero attached hydrogens (tertiary/aromatic N) is 1. The Kier molecular flexibility index (Phi) is 4.28. The Labute approximate surface area is 97.8 Å². The molecule has 0 radical (unpaired) electrons. The summed E-state index contributed by atoms with van der Waals surface area (Å²) in [7, 11) is 1.01. The van der Waals surface area contributed by atoms with Crippen LogP contribution < -0.4 is 0 Å². The number of ether oxygens (including phenoxy) is 1. The second-order valence-electron chi connectivity index (χ2n) is 2.80. The zero-order valence-electron chi connectivity index (χ0n) is 8.14. The molecule has 0 N–H and O–H groups in total. The van der Waals surface area contributed by atoms with Crippen LogP contribution in [0.1, 0.15) is 28.0 Å². The van der Waals surface area contributed by atoms with Gasteiger partial charge in [-0.3, -0.25) is 0 Å². The van der Waals surface area contributed by atoms with E-state index in [1.165, 1.54) is 0 Å². The van der Waals surface area contributed by atoms with Gasteiger partial charge in [0.1, 0.15) is 0 Å². The van der Waals surface area contributed by atoms with E-state index in [-0.39, 0.29) is 10.9 Å². The molecule has 0 aliphatic rings. The summed E-state index contributed by atoms with van der Waals surface area (Å²) in [5.41, 5.74) is -1.37. The molecule has 7 heteroatoms. The average Bonchev–Trinajstić information content (AvgIpc) is 2.27. The van der Waals surface area contributed by atoms with Gasteiger partial charge in [0.25, 0.3) is 6.43 Å². The van der Waals surface area contributed by atoms with Crippen molar-refractivity contribution in [3.8, 4) is 0 Å². The Morgan fingerprint density at radius 1 is 1.62 bits per heavy atom. The van der Waals surface area contributed by atoms with Crippen molar-refractivity contribution < 1.29 is 22.7 Å². The number of pyridine rings is 1. The van der Waals surface area contributed by atoms with Crippen LogP contribution in [0.3, 0.4) is 0 Å². The van der Waals surface area contributed by atoms with Crippen molar-refractivity contribution in [3.63, 3.8) is 0 Å². The molecule has 1 aromatic heterocycles. The van der Waals surface area contributed by atoms with Crippen molar-refractivity contribution in [3.05, 3.63) is 28.8 Å². The van der Waals surface area contributed by atoms with Crippen LogP contribution in [0, 0.1) is 5.95 Å². The summed E-state index contributed by atoms with van der Waals surface area (Å²) in [6.07, 6.45) is -2.92. The molecule has 0 saturated carbocycles. The van der Waals surface area contributed by atoms with Gasteiger partial charge in [-0.05, 0) is 6.07 Å². The summed E-state index contributed by atoms with van der Waals surface area (Å²) >= 11 is 2.93. The topological polar surface area (TPSA) is 39.2 Å². The summed E-state index contributed by atoms with van der Waals surface area (Å²) < 4.78 is 42.6. The van der Waals surface area contributed by atoms with E-state index in [1.807, 2.05) is 0 Å². The summed E-state index contributed by atoms with van der Waals surface area (Å²) in [6, 6.07) is 0.897. The number of alkyl halides is 3. The van der Waals surface area contributed by atoms with Crippen LogP contribution >= 0.6 is 15.9 Å². The molecule has 0 aliphatic carbocycles. The zero-order valence-corrected chi connectivity index (χ0v) is 9.72. The Morgan fingerprint density at radius 3 is 2.69 bits per heavy atom. The second-order valence-corrected chi connectivity index (χ2v) is 3.36. The predicted octanol–water partition coefficient (Wildman–Crippen LogP) is 2.84. The van der Waals surface area contributed by atoms with Gasteiger partial charge in [0.15, 0.2) is 5.69 Å². The first kappa shape index (κ1) is 13.0. The van der Waals surface area contributed by atoms with Crippen LogP contribution in [0.5, 0.6) is 0 Å². The molecule has 1 rings (SSSR count). The molecule has 0 fully saturated rings. The third-order valence-electron chi connectivity index (χ3n) is 1.84. The molecule has 0 atom stereocenters. The lowest BCUT2D eigenvalue weighted by Crippen LogP contribution is -2.12. The number of methoxy groups -OCH3 is 1. The molecule has 16 heavy (non-hydrogen) atoms. The first-order valence-electron chi connectivity index (χ1n) is 4.13. The normalized spacial score (nSPS) is 10.6. The standard InChI is InChI=1S/C9H7BrF3NO2/c1-16-9(15)6-5(7(11)12)2-4(3-10)8(13)14-6/h2,7H,3H2,1H3. The number of carbonyl (C=O) groups excluding carboxylic acids is 1. The van der Waals surface area contributed by atoms with Crippen molar-refractivity contribution in [2.24, 2.45) is 0 Å². The number of hydrogen-bond donors (Lipinski definition) is 0. The van der Waals surface area contributed by atoms with Crippen molar-refractivity contribution in [1.29, 1.82) is 0 Å². The highest BCUT2D eigenvalue weighted by molar-refractivity contribution is 9.08. The highest BCUT2D eigenvalue weighted by Crippen LogP contribution is 2.25. The Bertz CT molecular complexity index is 412. The molecule has 0 bridgehead atoms. The van der Waals surface area contributed by atoms with Gasteiger partial charge in [-0.2, -0.15) is 4.39 Å². The summed E-state index contributed by atoms with van der Waals surface area (Å²) in [5, 5.41) is 0.0347. The fourth-order valence-electron chi connectivity index (χ4n) is 1.07. The Morgan fingerprint density at radius 2 is 2.25 bits per heavy atom. The van der Waals surface area contributed by atoms with Gasteiger partial charge in [0, 0.05) is 10.9 Å². The maximum Gasteiger partial charge on any atom is 0.357 e. The molecule has 1 aromatic rings. The summed E-state index contributed by atoms with van der Waals surface area (Å²) in [5.74, 6) is -2.06. The quantitative estimate of drug-likeness (QED) is 0.489. The summed E-state index contributed by atoms with van der Waals surface area (Å²) in [6.45, 7) is 0. The highest BCUT2D eigenvalue weighted by Gasteiger charge is 2.23. The largest absolute Gasteiger partial charge is 0.464 e. The highest BCUT2D eigenvalue weighted by atomic mass is 79.9. The lowest BCUT2D eigenvalue weighted by molar-refractivity contribution is 0.0580. The third kappa shape index (κ3) is 2.52. The first-order chi connectivity index (χ1) is 7.51. The zero-order chi connectivity index (χ0) is 12.3. The summed E-state index contributed by atoms with van der Waals surface area (Å²) in [4.78, 5) is 14.3. The van der Waals surface area contributed by atoms with Gasteiger partial charge in [-0.25, -0.2) is 18.6 Å². The molecule has 0 aromatic carbocycles. The van der Waals surface area contributed by atoms with Gasteiger partial charge < -0.3 is 4.74 Å². The maximum absolute atomic E-state index is 13.2. The molecule has 1 heterocycles. The fraction of sp³-hybridized carbons (Fsp3) is 0.333. The van der Waals surface area contributed by atoms with Gasteiger partial charge in [0.2, 0.25) is 5.95 Å². The number of halogens is 4. The van der Waals surface area contributed by atoms with Gasteiger partial charge in [-0.15, -0.1) is 0 Å². The van der Waals surface area contributed by atoms with Crippen LogP contribution in [0.2, 0.25) is 0 Å². The van der Waals surface area contributed by atoms with Crippen LogP contribution in [-0.4, -0.2) is 18.1 Å². The molecule has 0 spiro atoms. The lowest BCUT2D eigenvalue weighted by atomic mass is 10.1. The van der Waals surface area contributed by atoms with Crippen molar-refractivity contribution in [1.82, 2.24) is 4.98 Å². The second kappa shape index (κ2) is 5.29. The van der Waals surface area contributed by atoms with Gasteiger partial charge >= 0.3 is 5.97 Å². The van der Waals surface area contributed by atoms with Gasteiger partial charge in [-0.1, -0.05) is 15.9 Å². The minimum absolute atomic E-state index is 0.0347. The minimum Gasteiger partial charge on any atom is -0.464 e. The monoisotopic (exact) mass is 297 g/mol. The fourth-order valence-corrected chi connectivity index (χ4v) is 1.46. The van der Waals surface area contributed by atoms with E-state index in [0.29, 0.717) is 0 Å². The van der Waals surface area contributed by atoms with E-state index in [1.54, 1.807) is 0 Å². The maximum atomic E-state index is 13.2. The van der Waals surface area contributed by atoms with E-state index in [2.05, 4.69) is 25.7 Å². The van der Waals surface area contributed by atoms with E-state index in [0.717, 1.165) is 13.2 Å². The SMILES string of the molecule is COC(=O)c1nc(F)c(CBr)cc1C(F)F. The van der Waals surface area contributed by atoms with Crippen molar-refractivity contribution in [2.45, 2.75) is 11.8 Å². The average molecular weight is 298 g/mol. The molecular formula is C9H7BrF3NO2. The number of esters is 1. The first-order valence-corrected chi connectivity index (χ1v) is 5.25. The Hall–Kier alpha value is -1.11. The van der Waals surface area contributed by atoms with E-state index in [4.69, 9.17) is 0 Å². The smallest absolute Gasteiger partial charge is 0.357 e. The molecular weight excluding hydrogens is 291 g/mol. The van der Waals surface area contributed by atoms with Crippen molar-refractivity contribution >= 4 is 21.9 Å². The molecule has 0 saturated heterocycles. The molecule has 0 amide bonds. The lowest BCUT2D eigenvalue weighted by Gasteiger charge is -2.08. The van der Waals surface area contributed by atoms with Gasteiger partial charge in [0.05, 0.1) is 12.7 Å². The molecule has 0 aliphatic heterocycles. The third-order valence-corrected chi connectivity index (χ3v) is 2.44. The van der Waals surface area contributed by atoms with Crippen LogP contribution in [-0.2, 0) is 10.1 Å².